The number of piperazine rings is 1. The Morgan fingerprint density at radius 2 is 1.84 bits per heavy atom. The van der Waals surface area contributed by atoms with Gasteiger partial charge in [-0.25, -0.2) is 0 Å². The predicted molar refractivity (Wildman–Crippen MR) is 91.9 cm³/mol. The highest BCUT2D eigenvalue weighted by atomic mass is 16.7. The summed E-state index contributed by atoms with van der Waals surface area (Å²) in [6.07, 6.45) is 1.65. The first-order valence-electron chi connectivity index (χ1n) is 8.56. The van der Waals surface area contributed by atoms with Crippen LogP contribution in [0.15, 0.2) is 28.9 Å². The number of hydrogen-bond donors (Lipinski definition) is 0. The molecule has 0 bridgehead atoms. The number of rotatable bonds is 3. The van der Waals surface area contributed by atoms with Gasteiger partial charge in [0.1, 0.15) is 5.76 Å². The van der Waals surface area contributed by atoms with Crippen molar-refractivity contribution >= 4 is 5.91 Å². The number of furan rings is 1. The maximum Gasteiger partial charge on any atom is 0.257 e. The van der Waals surface area contributed by atoms with Crippen molar-refractivity contribution in [3.05, 3.63) is 46.9 Å². The molecule has 3 heterocycles. The van der Waals surface area contributed by atoms with E-state index >= 15 is 0 Å². The van der Waals surface area contributed by atoms with Crippen molar-refractivity contribution in [1.82, 2.24) is 9.80 Å². The summed E-state index contributed by atoms with van der Waals surface area (Å²) in [6, 6.07) is 6.07. The molecule has 2 aliphatic rings. The number of aryl methyl sites for hydroxylation is 2. The minimum atomic E-state index is 0.0754. The highest BCUT2D eigenvalue weighted by molar-refractivity contribution is 5.96. The minimum Gasteiger partial charge on any atom is -0.469 e. The Hall–Kier alpha value is -2.47. The number of ether oxygens (including phenoxy) is 2. The molecule has 4 rings (SSSR count). The van der Waals surface area contributed by atoms with E-state index in [0.29, 0.717) is 18.1 Å². The summed E-state index contributed by atoms with van der Waals surface area (Å²) < 4.78 is 16.2. The van der Waals surface area contributed by atoms with Crippen molar-refractivity contribution in [2.75, 3.05) is 33.0 Å². The number of amides is 1. The lowest BCUT2D eigenvalue weighted by Crippen LogP contribution is -2.48. The molecule has 0 atom stereocenters. The summed E-state index contributed by atoms with van der Waals surface area (Å²) in [4.78, 5) is 17.0. The van der Waals surface area contributed by atoms with Gasteiger partial charge in [0.15, 0.2) is 11.5 Å². The smallest absolute Gasteiger partial charge is 0.257 e. The number of carbonyl (C=O) groups is 1. The number of fused-ring (bicyclic) bond motifs is 1. The molecule has 25 heavy (non-hydrogen) atoms. The Bertz CT molecular complexity index is 771. The normalized spacial score (nSPS) is 17.1. The summed E-state index contributed by atoms with van der Waals surface area (Å²) in [6.45, 7) is 8.08. The zero-order valence-corrected chi connectivity index (χ0v) is 14.6. The van der Waals surface area contributed by atoms with Gasteiger partial charge >= 0.3 is 0 Å². The fourth-order valence-corrected chi connectivity index (χ4v) is 3.46. The third-order valence-corrected chi connectivity index (χ3v) is 4.88. The number of hydrogen-bond acceptors (Lipinski definition) is 5. The van der Waals surface area contributed by atoms with Crippen LogP contribution in [-0.4, -0.2) is 48.7 Å². The molecule has 2 aromatic rings. The molecular formula is C19H22N2O4. The van der Waals surface area contributed by atoms with Crippen molar-refractivity contribution in [1.29, 1.82) is 0 Å². The molecule has 0 N–H and O–H groups in total. The average molecular weight is 342 g/mol. The molecule has 6 nitrogen and oxygen atoms in total. The van der Waals surface area contributed by atoms with Crippen molar-refractivity contribution in [2.24, 2.45) is 0 Å². The maximum atomic E-state index is 12.7. The van der Waals surface area contributed by atoms with Gasteiger partial charge in [0.2, 0.25) is 6.79 Å². The van der Waals surface area contributed by atoms with Crippen LogP contribution in [0.25, 0.3) is 0 Å². The first-order chi connectivity index (χ1) is 12.1. The molecule has 0 spiro atoms. The molecule has 1 fully saturated rings. The SMILES string of the molecule is Cc1coc(C)c1C(=O)N1CCN(Cc2ccc3c(c2)OCO3)CC1. The van der Waals surface area contributed by atoms with Crippen molar-refractivity contribution < 1.29 is 18.7 Å². The van der Waals surface area contributed by atoms with Gasteiger partial charge in [-0.3, -0.25) is 9.69 Å². The Kier molecular flexibility index (Phi) is 4.13. The number of nitrogens with zero attached hydrogens (tertiary/aromatic N) is 2. The van der Waals surface area contributed by atoms with Gasteiger partial charge in [-0.2, -0.15) is 0 Å². The minimum absolute atomic E-state index is 0.0754. The summed E-state index contributed by atoms with van der Waals surface area (Å²) in [5.41, 5.74) is 2.82. The van der Waals surface area contributed by atoms with Crippen LogP contribution in [0.3, 0.4) is 0 Å². The monoisotopic (exact) mass is 342 g/mol. The maximum absolute atomic E-state index is 12.7. The lowest BCUT2D eigenvalue weighted by Gasteiger charge is -2.34. The van der Waals surface area contributed by atoms with Crippen molar-refractivity contribution in [2.45, 2.75) is 20.4 Å². The summed E-state index contributed by atoms with van der Waals surface area (Å²) in [5.74, 6) is 2.40. The van der Waals surface area contributed by atoms with Gasteiger partial charge in [0, 0.05) is 38.3 Å². The van der Waals surface area contributed by atoms with E-state index < -0.39 is 0 Å². The van der Waals surface area contributed by atoms with E-state index in [9.17, 15) is 4.79 Å². The van der Waals surface area contributed by atoms with Crippen LogP contribution in [0.1, 0.15) is 27.2 Å². The van der Waals surface area contributed by atoms with Crippen LogP contribution in [0.4, 0.5) is 0 Å². The Balaban J connectivity index is 1.36. The van der Waals surface area contributed by atoms with Crippen LogP contribution >= 0.6 is 0 Å². The topological polar surface area (TPSA) is 55.2 Å². The quantitative estimate of drug-likeness (QED) is 0.858. The van der Waals surface area contributed by atoms with Gasteiger partial charge in [0.05, 0.1) is 11.8 Å². The number of benzene rings is 1. The lowest BCUT2D eigenvalue weighted by atomic mass is 10.1. The largest absolute Gasteiger partial charge is 0.469 e. The highest BCUT2D eigenvalue weighted by Gasteiger charge is 2.26. The molecule has 1 amide bonds. The third kappa shape index (κ3) is 3.09. The van der Waals surface area contributed by atoms with E-state index in [2.05, 4.69) is 11.0 Å². The van der Waals surface area contributed by atoms with Crippen LogP contribution in [0, 0.1) is 13.8 Å². The summed E-state index contributed by atoms with van der Waals surface area (Å²) in [5, 5.41) is 0. The second-order valence-electron chi connectivity index (χ2n) is 6.61. The first-order valence-corrected chi connectivity index (χ1v) is 8.56. The second kappa shape index (κ2) is 6.44. The van der Waals surface area contributed by atoms with Crippen LogP contribution in [0.5, 0.6) is 11.5 Å². The van der Waals surface area contributed by atoms with Crippen molar-refractivity contribution in [3.8, 4) is 11.5 Å². The zero-order valence-electron chi connectivity index (χ0n) is 14.6. The van der Waals surface area contributed by atoms with E-state index in [0.717, 1.165) is 49.8 Å². The molecule has 6 heteroatoms. The van der Waals surface area contributed by atoms with Gasteiger partial charge in [0.25, 0.3) is 5.91 Å². The molecule has 2 aliphatic heterocycles. The van der Waals surface area contributed by atoms with Gasteiger partial charge in [-0.05, 0) is 31.5 Å². The van der Waals surface area contributed by atoms with E-state index in [1.54, 1.807) is 6.26 Å². The lowest BCUT2D eigenvalue weighted by molar-refractivity contribution is 0.0626. The average Bonchev–Trinajstić information content (AvgIpc) is 3.21. The van der Waals surface area contributed by atoms with E-state index in [4.69, 9.17) is 13.9 Å². The van der Waals surface area contributed by atoms with E-state index in [1.807, 2.05) is 30.9 Å². The molecule has 0 radical (unpaired) electrons. The fraction of sp³-hybridized carbons (Fsp3) is 0.421. The zero-order chi connectivity index (χ0) is 17.4. The Morgan fingerprint density at radius 3 is 2.56 bits per heavy atom. The van der Waals surface area contributed by atoms with Gasteiger partial charge in [-0.1, -0.05) is 6.07 Å². The molecule has 0 unspecified atom stereocenters. The number of carbonyl (C=O) groups excluding carboxylic acids is 1. The molecule has 1 saturated heterocycles. The Morgan fingerprint density at radius 1 is 1.08 bits per heavy atom. The van der Waals surface area contributed by atoms with Crippen LogP contribution in [-0.2, 0) is 6.54 Å². The highest BCUT2D eigenvalue weighted by Crippen LogP contribution is 2.32. The van der Waals surface area contributed by atoms with E-state index in [-0.39, 0.29) is 5.91 Å². The van der Waals surface area contributed by atoms with Crippen molar-refractivity contribution in [3.63, 3.8) is 0 Å². The van der Waals surface area contributed by atoms with E-state index in [1.165, 1.54) is 5.56 Å². The summed E-state index contributed by atoms with van der Waals surface area (Å²) >= 11 is 0. The molecule has 0 saturated carbocycles. The third-order valence-electron chi connectivity index (χ3n) is 4.88. The van der Waals surface area contributed by atoms with Gasteiger partial charge < -0.3 is 18.8 Å². The molecule has 0 aliphatic carbocycles. The van der Waals surface area contributed by atoms with Crippen LogP contribution in [0.2, 0.25) is 0 Å². The molecule has 132 valence electrons. The van der Waals surface area contributed by atoms with Gasteiger partial charge in [-0.15, -0.1) is 0 Å². The molecule has 1 aromatic carbocycles. The standard InChI is InChI=1S/C19H22N2O4/c1-13-11-23-14(2)18(13)19(22)21-7-5-20(6-8-21)10-15-3-4-16-17(9-15)25-12-24-16/h3-4,9,11H,5-8,10,12H2,1-2H3. The molecular weight excluding hydrogens is 320 g/mol. The second-order valence-corrected chi connectivity index (χ2v) is 6.61. The summed E-state index contributed by atoms with van der Waals surface area (Å²) in [7, 11) is 0. The van der Waals surface area contributed by atoms with Crippen LogP contribution < -0.4 is 9.47 Å². The first kappa shape index (κ1) is 16.0. The fourth-order valence-electron chi connectivity index (χ4n) is 3.46. The molecule has 1 aromatic heterocycles. The Labute approximate surface area is 146 Å². The predicted octanol–water partition coefficient (Wildman–Crippen LogP) is 2.58.